The van der Waals surface area contributed by atoms with Gasteiger partial charge in [-0.3, -0.25) is 4.79 Å². The van der Waals surface area contributed by atoms with Gasteiger partial charge in [0, 0.05) is 12.4 Å². The van der Waals surface area contributed by atoms with Crippen LogP contribution in [0, 0.1) is 0 Å². The third-order valence-electron chi connectivity index (χ3n) is 4.68. The van der Waals surface area contributed by atoms with Gasteiger partial charge in [-0.2, -0.15) is 5.10 Å². The lowest BCUT2D eigenvalue weighted by molar-refractivity contribution is -0.128. The molecule has 1 aromatic heterocycles. The molecular formula is C18H25ClN4O. The van der Waals surface area contributed by atoms with Crippen molar-refractivity contribution in [1.29, 1.82) is 0 Å². The van der Waals surface area contributed by atoms with Crippen LogP contribution in [0.3, 0.4) is 0 Å². The number of carbonyl (C=O) groups excluding carboxylic acids is 1. The molecule has 1 unspecified atom stereocenters. The van der Waals surface area contributed by atoms with Crippen molar-refractivity contribution in [3.63, 3.8) is 0 Å². The zero-order valence-electron chi connectivity index (χ0n) is 13.9. The summed E-state index contributed by atoms with van der Waals surface area (Å²) >= 11 is 0. The Morgan fingerprint density at radius 3 is 2.71 bits per heavy atom. The second kappa shape index (κ2) is 7.81. The van der Waals surface area contributed by atoms with Crippen molar-refractivity contribution in [2.24, 2.45) is 5.73 Å². The Bertz CT molecular complexity index is 665. The van der Waals surface area contributed by atoms with E-state index in [1.165, 1.54) is 6.42 Å². The van der Waals surface area contributed by atoms with Gasteiger partial charge in [-0.15, -0.1) is 12.4 Å². The lowest BCUT2D eigenvalue weighted by Gasteiger charge is -2.33. The average Bonchev–Trinajstić information content (AvgIpc) is 3.10. The molecule has 1 amide bonds. The van der Waals surface area contributed by atoms with Crippen molar-refractivity contribution in [3.8, 4) is 5.69 Å². The molecule has 0 saturated heterocycles. The Morgan fingerprint density at radius 1 is 1.29 bits per heavy atom. The van der Waals surface area contributed by atoms with E-state index in [-0.39, 0.29) is 24.4 Å². The highest BCUT2D eigenvalue weighted by atomic mass is 35.5. The van der Waals surface area contributed by atoms with Crippen LogP contribution in [0.2, 0.25) is 0 Å². The molecule has 1 heterocycles. The summed E-state index contributed by atoms with van der Waals surface area (Å²) < 4.78 is 1.81. The van der Waals surface area contributed by atoms with E-state index < -0.39 is 5.54 Å². The molecule has 1 aliphatic carbocycles. The quantitative estimate of drug-likeness (QED) is 0.891. The third kappa shape index (κ3) is 3.97. The van der Waals surface area contributed by atoms with Gasteiger partial charge in [0.15, 0.2) is 0 Å². The number of hydrogen-bond acceptors (Lipinski definition) is 3. The van der Waals surface area contributed by atoms with Crippen LogP contribution in [-0.2, 0) is 4.79 Å². The molecule has 0 spiro atoms. The minimum absolute atomic E-state index is 0. The molecule has 1 atom stereocenters. The third-order valence-corrected chi connectivity index (χ3v) is 4.68. The minimum atomic E-state index is -0.702. The van der Waals surface area contributed by atoms with E-state index in [1.807, 2.05) is 48.1 Å². The fourth-order valence-corrected chi connectivity index (χ4v) is 3.19. The monoisotopic (exact) mass is 348 g/mol. The number of aromatic nitrogens is 2. The molecular weight excluding hydrogens is 324 g/mol. The van der Waals surface area contributed by atoms with E-state index in [1.54, 1.807) is 6.20 Å². The number of amides is 1. The first-order valence-corrected chi connectivity index (χ1v) is 8.28. The maximum absolute atomic E-state index is 12.6. The maximum Gasteiger partial charge on any atom is 0.240 e. The van der Waals surface area contributed by atoms with Gasteiger partial charge >= 0.3 is 0 Å². The van der Waals surface area contributed by atoms with E-state index in [2.05, 4.69) is 10.4 Å². The summed E-state index contributed by atoms with van der Waals surface area (Å²) in [5, 5.41) is 7.33. The van der Waals surface area contributed by atoms with Gasteiger partial charge in [0.1, 0.15) is 0 Å². The fourth-order valence-electron chi connectivity index (χ4n) is 3.19. The molecule has 1 fully saturated rings. The molecule has 1 saturated carbocycles. The summed E-state index contributed by atoms with van der Waals surface area (Å²) in [6.45, 7) is 1.99. The number of rotatable bonds is 4. The molecule has 3 N–H and O–H groups in total. The first-order valence-electron chi connectivity index (χ1n) is 8.28. The summed E-state index contributed by atoms with van der Waals surface area (Å²) in [7, 11) is 0. The van der Waals surface area contributed by atoms with Crippen LogP contribution in [0.1, 0.15) is 50.6 Å². The lowest BCUT2D eigenvalue weighted by Crippen LogP contribution is -2.55. The second-order valence-electron chi connectivity index (χ2n) is 6.46. The maximum atomic E-state index is 12.6. The molecule has 6 heteroatoms. The zero-order valence-corrected chi connectivity index (χ0v) is 14.8. The van der Waals surface area contributed by atoms with Crippen molar-refractivity contribution >= 4 is 18.3 Å². The van der Waals surface area contributed by atoms with Crippen molar-refractivity contribution in [2.45, 2.75) is 50.6 Å². The molecule has 5 nitrogen and oxygen atoms in total. The zero-order chi connectivity index (χ0) is 16.3. The van der Waals surface area contributed by atoms with Crippen LogP contribution >= 0.6 is 12.4 Å². The van der Waals surface area contributed by atoms with Crippen molar-refractivity contribution in [3.05, 3.63) is 48.3 Å². The highest BCUT2D eigenvalue weighted by molar-refractivity contribution is 5.86. The normalized spacial score (nSPS) is 17.6. The predicted molar refractivity (Wildman–Crippen MR) is 97.4 cm³/mol. The summed E-state index contributed by atoms with van der Waals surface area (Å²) in [4.78, 5) is 12.6. The van der Waals surface area contributed by atoms with Gasteiger partial charge < -0.3 is 11.1 Å². The standard InChI is InChI=1S/C18H24N4O.ClH/c1-14(21-17(23)18(19)9-3-2-4-10-18)15-7-5-8-16(13-15)22-12-6-11-20-22;/h5-8,11-14H,2-4,9-10,19H2,1H3,(H,21,23);1H. The van der Waals surface area contributed by atoms with E-state index >= 15 is 0 Å². The first kappa shape index (κ1) is 18.5. The van der Waals surface area contributed by atoms with Gasteiger partial charge in [-0.25, -0.2) is 4.68 Å². The minimum Gasteiger partial charge on any atom is -0.348 e. The van der Waals surface area contributed by atoms with Gasteiger partial charge in [-0.05, 0) is 43.5 Å². The van der Waals surface area contributed by atoms with Crippen LogP contribution in [0.15, 0.2) is 42.7 Å². The highest BCUT2D eigenvalue weighted by Crippen LogP contribution is 2.27. The topological polar surface area (TPSA) is 72.9 Å². The number of halogens is 1. The summed E-state index contributed by atoms with van der Waals surface area (Å²) in [6.07, 6.45) is 8.45. The van der Waals surface area contributed by atoms with E-state index in [4.69, 9.17) is 5.73 Å². The molecule has 130 valence electrons. The summed E-state index contributed by atoms with van der Waals surface area (Å²) in [5.74, 6) is -0.0332. The van der Waals surface area contributed by atoms with Crippen LogP contribution < -0.4 is 11.1 Å². The van der Waals surface area contributed by atoms with Gasteiger partial charge in [-0.1, -0.05) is 31.4 Å². The van der Waals surface area contributed by atoms with E-state index in [9.17, 15) is 4.79 Å². The van der Waals surface area contributed by atoms with Crippen molar-refractivity contribution in [2.75, 3.05) is 0 Å². The predicted octanol–water partition coefficient (Wildman–Crippen LogP) is 3.13. The van der Waals surface area contributed by atoms with Crippen LogP contribution in [-0.4, -0.2) is 21.2 Å². The Kier molecular flexibility index (Phi) is 6.02. The first-order chi connectivity index (χ1) is 11.1. The van der Waals surface area contributed by atoms with Crippen LogP contribution in [0.25, 0.3) is 5.69 Å². The lowest BCUT2D eigenvalue weighted by atomic mass is 9.81. The Labute approximate surface area is 149 Å². The Morgan fingerprint density at radius 2 is 2.04 bits per heavy atom. The largest absolute Gasteiger partial charge is 0.348 e. The molecule has 1 aliphatic rings. The van der Waals surface area contributed by atoms with Gasteiger partial charge in [0.25, 0.3) is 0 Å². The van der Waals surface area contributed by atoms with Crippen LogP contribution in [0.5, 0.6) is 0 Å². The molecule has 24 heavy (non-hydrogen) atoms. The fraction of sp³-hybridized carbons (Fsp3) is 0.444. The molecule has 3 rings (SSSR count). The number of benzene rings is 1. The van der Waals surface area contributed by atoms with Gasteiger partial charge in [0.05, 0.1) is 17.3 Å². The Hall–Kier alpha value is -1.85. The highest BCUT2D eigenvalue weighted by Gasteiger charge is 2.35. The Balaban J connectivity index is 0.00000208. The number of carbonyl (C=O) groups is 1. The number of hydrogen-bond donors (Lipinski definition) is 2. The summed E-state index contributed by atoms with van der Waals surface area (Å²) in [6, 6.07) is 9.84. The molecule has 1 aromatic carbocycles. The number of nitrogens with two attached hydrogens (primary N) is 1. The SMILES string of the molecule is CC(NC(=O)C1(N)CCCCC1)c1cccc(-n2cccn2)c1.Cl. The van der Waals surface area contributed by atoms with Crippen molar-refractivity contribution in [1.82, 2.24) is 15.1 Å². The molecule has 0 radical (unpaired) electrons. The average molecular weight is 349 g/mol. The second-order valence-corrected chi connectivity index (χ2v) is 6.46. The van der Waals surface area contributed by atoms with E-state index in [0.29, 0.717) is 0 Å². The van der Waals surface area contributed by atoms with Crippen molar-refractivity contribution < 1.29 is 4.79 Å². The molecule has 0 aliphatic heterocycles. The summed E-state index contributed by atoms with van der Waals surface area (Å²) in [5.41, 5.74) is 7.63. The molecule has 0 bridgehead atoms. The molecule has 2 aromatic rings. The number of nitrogens with zero attached hydrogens (tertiary/aromatic N) is 2. The van der Waals surface area contributed by atoms with E-state index in [0.717, 1.165) is 36.9 Å². The number of nitrogens with one attached hydrogen (secondary N) is 1. The van der Waals surface area contributed by atoms with Crippen LogP contribution in [0.4, 0.5) is 0 Å². The smallest absolute Gasteiger partial charge is 0.240 e. The van der Waals surface area contributed by atoms with Gasteiger partial charge in [0.2, 0.25) is 5.91 Å².